The van der Waals surface area contributed by atoms with E-state index in [0.29, 0.717) is 12.3 Å². The van der Waals surface area contributed by atoms with Crippen molar-refractivity contribution < 1.29 is 19.4 Å². The SMILES string of the molecule is CC.CC.CCC(CC)(C(/C=C\CCCC(O)C(C)(C)C)=C/C(C)C)c1ccc(NC(=O)CCCC(=O)OC)c(C)c1. The Morgan fingerprint density at radius 3 is 2.07 bits per heavy atom. The monoisotopic (exact) mass is 587 g/mol. The number of unbranched alkanes of at least 4 members (excludes halogenated alkanes) is 1. The molecule has 42 heavy (non-hydrogen) atoms. The van der Waals surface area contributed by atoms with Crippen LogP contribution in [0, 0.1) is 18.3 Å². The zero-order chi connectivity index (χ0) is 32.9. The molecule has 2 N–H and O–H groups in total. The molecule has 0 radical (unpaired) electrons. The molecule has 0 bridgehead atoms. The summed E-state index contributed by atoms with van der Waals surface area (Å²) in [6, 6.07) is 6.36. The fourth-order valence-corrected chi connectivity index (χ4v) is 4.85. The first-order chi connectivity index (χ1) is 19.8. The Labute approximate surface area is 259 Å². The number of carbonyl (C=O) groups is 2. The number of methoxy groups -OCH3 is 1. The Balaban J connectivity index is 0. The van der Waals surface area contributed by atoms with Gasteiger partial charge in [0.1, 0.15) is 0 Å². The van der Waals surface area contributed by atoms with E-state index in [0.717, 1.165) is 43.4 Å². The van der Waals surface area contributed by atoms with Crippen LogP contribution in [0.25, 0.3) is 0 Å². The van der Waals surface area contributed by atoms with Crippen LogP contribution in [-0.2, 0) is 19.7 Å². The minimum absolute atomic E-state index is 0.0848. The number of esters is 1. The fraction of sp³-hybridized carbons (Fsp3) is 0.676. The average Bonchev–Trinajstić information content (AvgIpc) is 2.96. The average molecular weight is 588 g/mol. The molecule has 0 spiro atoms. The van der Waals surface area contributed by atoms with Crippen molar-refractivity contribution in [1.82, 2.24) is 0 Å². The lowest BCUT2D eigenvalue weighted by atomic mass is 9.69. The number of rotatable bonds is 15. The van der Waals surface area contributed by atoms with Crippen molar-refractivity contribution >= 4 is 17.6 Å². The molecule has 0 fully saturated rings. The highest BCUT2D eigenvalue weighted by Crippen LogP contribution is 2.41. The number of allylic oxidation sites excluding steroid dienone is 4. The Morgan fingerprint density at radius 2 is 1.60 bits per heavy atom. The van der Waals surface area contributed by atoms with Crippen LogP contribution < -0.4 is 5.32 Å². The molecule has 1 aromatic carbocycles. The predicted octanol–water partition coefficient (Wildman–Crippen LogP) is 10.1. The van der Waals surface area contributed by atoms with Gasteiger partial charge in [-0.15, -0.1) is 0 Å². The first-order valence-electron chi connectivity index (χ1n) is 16.3. The van der Waals surface area contributed by atoms with Gasteiger partial charge in [-0.2, -0.15) is 0 Å². The van der Waals surface area contributed by atoms with Crippen LogP contribution in [-0.4, -0.2) is 30.2 Å². The van der Waals surface area contributed by atoms with Crippen molar-refractivity contribution in [3.05, 3.63) is 53.1 Å². The highest BCUT2D eigenvalue weighted by Gasteiger charge is 2.32. The third-order valence-corrected chi connectivity index (χ3v) is 7.48. The Bertz CT molecular complexity index is 949. The molecule has 5 heteroatoms. The van der Waals surface area contributed by atoms with Crippen molar-refractivity contribution in [3.8, 4) is 0 Å². The molecule has 0 heterocycles. The molecule has 0 aliphatic rings. The lowest BCUT2D eigenvalue weighted by molar-refractivity contribution is -0.140. The van der Waals surface area contributed by atoms with Gasteiger partial charge < -0.3 is 15.2 Å². The highest BCUT2D eigenvalue weighted by molar-refractivity contribution is 5.91. The van der Waals surface area contributed by atoms with Crippen LogP contribution in [0.1, 0.15) is 139 Å². The predicted molar refractivity (Wildman–Crippen MR) is 182 cm³/mol. The third-order valence-electron chi connectivity index (χ3n) is 7.48. The van der Waals surface area contributed by atoms with Gasteiger partial charge in [0.25, 0.3) is 0 Å². The first-order valence-corrected chi connectivity index (χ1v) is 16.3. The number of hydrogen-bond donors (Lipinski definition) is 2. The molecule has 0 saturated carbocycles. The number of ether oxygens (including phenoxy) is 1. The number of benzene rings is 1. The number of aliphatic hydroxyl groups is 1. The summed E-state index contributed by atoms with van der Waals surface area (Å²) in [5.74, 6) is 0.0250. The van der Waals surface area contributed by atoms with Gasteiger partial charge in [-0.1, -0.05) is 107 Å². The van der Waals surface area contributed by atoms with Crippen LogP contribution >= 0.6 is 0 Å². The van der Waals surface area contributed by atoms with E-state index in [9.17, 15) is 14.7 Å². The van der Waals surface area contributed by atoms with E-state index in [4.69, 9.17) is 0 Å². The number of hydrogen-bond acceptors (Lipinski definition) is 4. The summed E-state index contributed by atoms with van der Waals surface area (Å²) < 4.78 is 4.65. The standard InChI is InChI=1S/C33H53NO4.2C2H6/c1-10-33(11-2,26(22-24(3)4)16-13-12-14-17-29(35)32(6,7)8)27-20-21-28(25(5)23-27)34-30(36)18-15-19-31(37)38-9;2*1-2/h13,16,20-24,29,35H,10-12,14-15,17-19H2,1-9H3,(H,34,36);2*1-2H3/b16-13-,26-22+;;. The normalized spacial score (nSPS) is 12.7. The zero-order valence-corrected chi connectivity index (χ0v) is 29.4. The maximum atomic E-state index is 12.4. The van der Waals surface area contributed by atoms with Gasteiger partial charge in [0.2, 0.25) is 5.91 Å². The second-order valence-corrected chi connectivity index (χ2v) is 11.9. The van der Waals surface area contributed by atoms with Crippen molar-refractivity contribution in [2.24, 2.45) is 11.3 Å². The molecular formula is C37H65NO4. The zero-order valence-electron chi connectivity index (χ0n) is 29.4. The van der Waals surface area contributed by atoms with E-state index in [1.54, 1.807) is 0 Å². The summed E-state index contributed by atoms with van der Waals surface area (Å²) in [6.07, 6.45) is 12.3. The molecule has 1 aromatic rings. The van der Waals surface area contributed by atoms with Gasteiger partial charge in [-0.25, -0.2) is 0 Å². The van der Waals surface area contributed by atoms with Gasteiger partial charge in [0, 0.05) is 23.9 Å². The van der Waals surface area contributed by atoms with E-state index >= 15 is 0 Å². The van der Waals surface area contributed by atoms with Crippen molar-refractivity contribution in [3.63, 3.8) is 0 Å². The Hall–Kier alpha value is -2.40. The fourth-order valence-electron chi connectivity index (χ4n) is 4.85. The number of amides is 1. The molecule has 0 aliphatic carbocycles. The van der Waals surface area contributed by atoms with Gasteiger partial charge in [-0.3, -0.25) is 9.59 Å². The molecular weight excluding hydrogens is 522 g/mol. The third kappa shape index (κ3) is 14.7. The second-order valence-electron chi connectivity index (χ2n) is 11.9. The lowest BCUT2D eigenvalue weighted by Crippen LogP contribution is -2.27. The van der Waals surface area contributed by atoms with E-state index in [1.165, 1.54) is 18.2 Å². The van der Waals surface area contributed by atoms with E-state index in [2.05, 4.69) is 88.9 Å². The number of carbonyl (C=O) groups excluding carboxylic acids is 2. The number of nitrogens with one attached hydrogen (secondary N) is 1. The molecule has 0 aromatic heterocycles. The van der Waals surface area contributed by atoms with Crippen LogP contribution in [0.5, 0.6) is 0 Å². The van der Waals surface area contributed by atoms with Crippen LogP contribution in [0.4, 0.5) is 5.69 Å². The Kier molecular flexibility index (Phi) is 22.0. The van der Waals surface area contributed by atoms with E-state index < -0.39 is 0 Å². The maximum absolute atomic E-state index is 12.4. The molecule has 5 nitrogen and oxygen atoms in total. The summed E-state index contributed by atoms with van der Waals surface area (Å²) in [5, 5.41) is 13.4. The highest BCUT2D eigenvalue weighted by atomic mass is 16.5. The van der Waals surface area contributed by atoms with Crippen LogP contribution in [0.3, 0.4) is 0 Å². The minimum atomic E-state index is -0.296. The molecule has 0 saturated heterocycles. The van der Waals surface area contributed by atoms with Crippen molar-refractivity contribution in [1.29, 1.82) is 0 Å². The molecule has 1 atom stereocenters. The maximum Gasteiger partial charge on any atom is 0.305 e. The van der Waals surface area contributed by atoms with E-state index in [-0.39, 0.29) is 41.7 Å². The molecule has 0 aliphatic heterocycles. The van der Waals surface area contributed by atoms with Gasteiger partial charge in [0.15, 0.2) is 0 Å². The van der Waals surface area contributed by atoms with E-state index in [1.807, 2.05) is 40.7 Å². The topological polar surface area (TPSA) is 75.6 Å². The number of aryl methyl sites for hydroxylation is 1. The Morgan fingerprint density at radius 1 is 1.00 bits per heavy atom. The molecule has 1 rings (SSSR count). The smallest absolute Gasteiger partial charge is 0.305 e. The number of aliphatic hydroxyl groups excluding tert-OH is 1. The quantitative estimate of drug-likeness (QED) is 0.122. The van der Waals surface area contributed by atoms with Crippen molar-refractivity contribution in [2.45, 2.75) is 146 Å². The summed E-state index contributed by atoms with van der Waals surface area (Å²) in [6.45, 7) is 25.2. The summed E-state index contributed by atoms with van der Waals surface area (Å²) in [5.41, 5.74) is 4.20. The largest absolute Gasteiger partial charge is 0.469 e. The van der Waals surface area contributed by atoms with Gasteiger partial charge in [-0.05, 0) is 79.5 Å². The minimum Gasteiger partial charge on any atom is -0.469 e. The molecule has 1 amide bonds. The summed E-state index contributed by atoms with van der Waals surface area (Å²) in [4.78, 5) is 23.7. The van der Waals surface area contributed by atoms with Gasteiger partial charge in [0.05, 0.1) is 13.2 Å². The second kappa shape index (κ2) is 22.2. The van der Waals surface area contributed by atoms with Crippen LogP contribution in [0.2, 0.25) is 0 Å². The lowest BCUT2D eigenvalue weighted by Gasteiger charge is -2.35. The first kappa shape index (κ1) is 41.7. The van der Waals surface area contributed by atoms with Gasteiger partial charge >= 0.3 is 5.97 Å². The number of anilines is 1. The summed E-state index contributed by atoms with van der Waals surface area (Å²) in [7, 11) is 1.36. The molecule has 242 valence electrons. The van der Waals surface area contributed by atoms with Crippen molar-refractivity contribution in [2.75, 3.05) is 12.4 Å². The van der Waals surface area contributed by atoms with Crippen LogP contribution in [0.15, 0.2) is 42.0 Å². The summed E-state index contributed by atoms with van der Waals surface area (Å²) >= 11 is 0. The molecule has 1 unspecified atom stereocenters.